The molecule has 1 fully saturated rings. The second-order valence-electron chi connectivity index (χ2n) is 3.83. The fraction of sp³-hybridized carbons (Fsp3) is 1.00. The van der Waals surface area contributed by atoms with Crippen molar-refractivity contribution in [2.45, 2.75) is 45.2 Å². The van der Waals surface area contributed by atoms with Gasteiger partial charge in [-0.05, 0) is 19.9 Å². The largest absolute Gasteiger partial charge is 0.314 e. The molecular weight excluding hydrogens is 148 g/mol. The molecule has 0 amide bonds. The van der Waals surface area contributed by atoms with Crippen LogP contribution < -0.4 is 5.32 Å². The van der Waals surface area contributed by atoms with Crippen molar-refractivity contribution in [3.8, 4) is 0 Å². The highest BCUT2D eigenvalue weighted by molar-refractivity contribution is 4.85. The van der Waals surface area contributed by atoms with Crippen LogP contribution in [0.2, 0.25) is 0 Å². The molecule has 2 heteroatoms. The second kappa shape index (κ2) is 4.83. The van der Waals surface area contributed by atoms with E-state index in [1.165, 1.54) is 32.4 Å². The Bertz CT molecular complexity index is 121. The number of rotatable bonds is 5. The van der Waals surface area contributed by atoms with Crippen molar-refractivity contribution in [2.75, 3.05) is 20.1 Å². The van der Waals surface area contributed by atoms with Crippen molar-refractivity contribution >= 4 is 0 Å². The molecular formula is C10H22N2. The minimum Gasteiger partial charge on any atom is -0.314 e. The molecule has 1 N–H and O–H groups in total. The smallest absolute Gasteiger partial charge is 0.0345 e. The summed E-state index contributed by atoms with van der Waals surface area (Å²) in [4.78, 5) is 2.56. The number of nitrogens with zero attached hydrogens (tertiary/aromatic N) is 1. The first kappa shape index (κ1) is 10.0. The van der Waals surface area contributed by atoms with Crippen molar-refractivity contribution in [1.29, 1.82) is 0 Å². The Hall–Kier alpha value is -0.0800. The molecule has 1 rings (SSSR count). The van der Waals surface area contributed by atoms with Crippen LogP contribution in [0.3, 0.4) is 0 Å². The van der Waals surface area contributed by atoms with E-state index in [1.54, 1.807) is 0 Å². The van der Waals surface area contributed by atoms with Gasteiger partial charge in [0.1, 0.15) is 0 Å². The van der Waals surface area contributed by atoms with E-state index < -0.39 is 0 Å². The van der Waals surface area contributed by atoms with Gasteiger partial charge in [-0.2, -0.15) is 0 Å². The lowest BCUT2D eigenvalue weighted by Crippen LogP contribution is -2.58. The lowest BCUT2D eigenvalue weighted by molar-refractivity contribution is 0.118. The third kappa shape index (κ3) is 2.20. The first-order valence-corrected chi connectivity index (χ1v) is 5.22. The number of hydrogen-bond acceptors (Lipinski definition) is 2. The number of hydrogen-bond donors (Lipinski definition) is 1. The highest BCUT2D eigenvalue weighted by atomic mass is 15.2. The van der Waals surface area contributed by atoms with E-state index in [0.29, 0.717) is 0 Å². The molecule has 0 aliphatic carbocycles. The maximum Gasteiger partial charge on any atom is 0.0345 e. The van der Waals surface area contributed by atoms with E-state index in [0.717, 1.165) is 12.1 Å². The molecule has 0 radical (unpaired) electrons. The average molecular weight is 170 g/mol. The van der Waals surface area contributed by atoms with Crippen LogP contribution in [0, 0.1) is 0 Å². The highest BCUT2D eigenvalue weighted by Gasteiger charge is 2.25. The summed E-state index contributed by atoms with van der Waals surface area (Å²) in [5, 5.41) is 3.32. The van der Waals surface area contributed by atoms with Crippen molar-refractivity contribution in [3.05, 3.63) is 0 Å². The molecule has 0 aromatic rings. The van der Waals surface area contributed by atoms with Crippen LogP contribution in [0.25, 0.3) is 0 Å². The lowest BCUT2D eigenvalue weighted by atomic mass is 10.0. The molecule has 0 aromatic carbocycles. The first-order valence-electron chi connectivity index (χ1n) is 5.22. The molecule has 0 bridgehead atoms. The van der Waals surface area contributed by atoms with Crippen molar-refractivity contribution in [1.82, 2.24) is 10.2 Å². The Morgan fingerprint density at radius 2 is 2.08 bits per heavy atom. The van der Waals surface area contributed by atoms with E-state index in [2.05, 4.69) is 31.1 Å². The molecule has 1 heterocycles. The summed E-state index contributed by atoms with van der Waals surface area (Å²) in [7, 11) is 2.27. The minimum absolute atomic E-state index is 0.807. The third-order valence-corrected chi connectivity index (χ3v) is 3.01. The van der Waals surface area contributed by atoms with E-state index in [-0.39, 0.29) is 0 Å². The number of nitrogens with one attached hydrogen (secondary N) is 1. The average Bonchev–Trinajstić information content (AvgIpc) is 1.96. The molecule has 1 aliphatic heterocycles. The van der Waals surface area contributed by atoms with Gasteiger partial charge in [-0.3, -0.25) is 4.90 Å². The normalized spacial score (nSPS) is 21.0. The summed E-state index contributed by atoms with van der Waals surface area (Å²) in [5.41, 5.74) is 0. The van der Waals surface area contributed by atoms with Crippen LogP contribution in [0.5, 0.6) is 0 Å². The summed E-state index contributed by atoms with van der Waals surface area (Å²) in [6.07, 6.45) is 3.95. The molecule has 12 heavy (non-hydrogen) atoms. The van der Waals surface area contributed by atoms with Crippen LogP contribution in [0.4, 0.5) is 0 Å². The topological polar surface area (TPSA) is 15.3 Å². The first-order chi connectivity index (χ1) is 5.79. The fourth-order valence-corrected chi connectivity index (χ4v) is 1.89. The lowest BCUT2D eigenvalue weighted by Gasteiger charge is -2.40. The Morgan fingerprint density at radius 1 is 1.42 bits per heavy atom. The maximum atomic E-state index is 3.32. The third-order valence-electron chi connectivity index (χ3n) is 3.01. The van der Waals surface area contributed by atoms with Crippen LogP contribution >= 0.6 is 0 Å². The summed E-state index contributed by atoms with van der Waals surface area (Å²) in [6.45, 7) is 6.95. The minimum atomic E-state index is 0.807. The summed E-state index contributed by atoms with van der Waals surface area (Å²) in [5.74, 6) is 0. The highest BCUT2D eigenvalue weighted by Crippen LogP contribution is 2.14. The van der Waals surface area contributed by atoms with Crippen molar-refractivity contribution in [2.24, 2.45) is 0 Å². The zero-order valence-electron chi connectivity index (χ0n) is 8.64. The summed E-state index contributed by atoms with van der Waals surface area (Å²) in [6, 6.07) is 1.61. The Kier molecular flexibility index (Phi) is 4.02. The van der Waals surface area contributed by atoms with E-state index in [1.807, 2.05) is 0 Å². The quantitative estimate of drug-likeness (QED) is 0.672. The Labute approximate surface area is 76.3 Å². The van der Waals surface area contributed by atoms with Gasteiger partial charge in [0.2, 0.25) is 0 Å². The van der Waals surface area contributed by atoms with Gasteiger partial charge in [0.05, 0.1) is 0 Å². The van der Waals surface area contributed by atoms with E-state index in [4.69, 9.17) is 0 Å². The molecule has 72 valence electrons. The van der Waals surface area contributed by atoms with Gasteiger partial charge in [-0.1, -0.05) is 20.3 Å². The standard InChI is InChI=1S/C10H22N2/c1-4-6-9(5-2)12(3)10-7-11-8-10/h9-11H,4-8H2,1-3H3. The SMILES string of the molecule is CCCC(CC)N(C)C1CNC1. The van der Waals surface area contributed by atoms with Crippen LogP contribution in [-0.2, 0) is 0 Å². The second-order valence-corrected chi connectivity index (χ2v) is 3.83. The van der Waals surface area contributed by atoms with E-state index >= 15 is 0 Å². The van der Waals surface area contributed by atoms with Gasteiger partial charge in [0, 0.05) is 25.2 Å². The summed E-state index contributed by atoms with van der Waals surface area (Å²) < 4.78 is 0. The maximum absolute atomic E-state index is 3.32. The predicted molar refractivity (Wildman–Crippen MR) is 53.4 cm³/mol. The predicted octanol–water partition coefficient (Wildman–Crippen LogP) is 1.47. The van der Waals surface area contributed by atoms with Gasteiger partial charge in [0.15, 0.2) is 0 Å². The van der Waals surface area contributed by atoms with Crippen molar-refractivity contribution < 1.29 is 0 Å². The van der Waals surface area contributed by atoms with Gasteiger partial charge in [-0.15, -0.1) is 0 Å². The molecule has 2 nitrogen and oxygen atoms in total. The van der Waals surface area contributed by atoms with Crippen LogP contribution in [0.1, 0.15) is 33.1 Å². The van der Waals surface area contributed by atoms with Gasteiger partial charge in [0.25, 0.3) is 0 Å². The Balaban J connectivity index is 2.29. The monoisotopic (exact) mass is 170 g/mol. The van der Waals surface area contributed by atoms with Gasteiger partial charge < -0.3 is 5.32 Å². The van der Waals surface area contributed by atoms with E-state index in [9.17, 15) is 0 Å². The van der Waals surface area contributed by atoms with Crippen LogP contribution in [-0.4, -0.2) is 37.1 Å². The molecule has 0 aromatic heterocycles. The molecule has 1 aliphatic rings. The number of likely N-dealkylation sites (N-methyl/N-ethyl adjacent to an activating group) is 1. The zero-order valence-corrected chi connectivity index (χ0v) is 8.64. The van der Waals surface area contributed by atoms with Gasteiger partial charge >= 0.3 is 0 Å². The van der Waals surface area contributed by atoms with Gasteiger partial charge in [-0.25, -0.2) is 0 Å². The molecule has 1 atom stereocenters. The fourth-order valence-electron chi connectivity index (χ4n) is 1.89. The van der Waals surface area contributed by atoms with Crippen LogP contribution in [0.15, 0.2) is 0 Å². The molecule has 1 saturated heterocycles. The van der Waals surface area contributed by atoms with Crippen molar-refractivity contribution in [3.63, 3.8) is 0 Å². The summed E-state index contributed by atoms with van der Waals surface area (Å²) >= 11 is 0. The molecule has 0 spiro atoms. The zero-order chi connectivity index (χ0) is 8.97. The molecule has 0 saturated carbocycles. The Morgan fingerprint density at radius 3 is 2.42 bits per heavy atom. The molecule has 1 unspecified atom stereocenters.